The maximum absolute atomic E-state index is 4.86. The molecule has 0 amide bonds. The summed E-state index contributed by atoms with van der Waals surface area (Å²) >= 11 is 0. The molecule has 4 nitrogen and oxygen atoms in total. The van der Waals surface area contributed by atoms with E-state index in [0.29, 0.717) is 0 Å². The average molecular weight is 653 g/mol. The third kappa shape index (κ3) is 4.96. The molecule has 0 N–H and O–H groups in total. The van der Waals surface area contributed by atoms with Crippen molar-refractivity contribution in [1.29, 1.82) is 0 Å². The average Bonchev–Trinajstić information content (AvgIpc) is 3.79. The van der Waals surface area contributed by atoms with E-state index in [1.807, 2.05) is 24.4 Å². The van der Waals surface area contributed by atoms with Crippen molar-refractivity contribution in [3.63, 3.8) is 0 Å². The van der Waals surface area contributed by atoms with E-state index in [2.05, 4.69) is 184 Å². The quantitative estimate of drug-likeness (QED) is 0.179. The molecule has 0 spiro atoms. The van der Waals surface area contributed by atoms with Crippen LogP contribution < -0.4 is 4.90 Å². The first-order chi connectivity index (χ1) is 25.3. The van der Waals surface area contributed by atoms with Crippen LogP contribution >= 0.6 is 0 Å². The summed E-state index contributed by atoms with van der Waals surface area (Å²) in [7, 11) is 0. The molecule has 10 rings (SSSR count). The number of pyridine rings is 1. The predicted octanol–water partition coefficient (Wildman–Crippen LogP) is 12.4. The second kappa shape index (κ2) is 11.9. The smallest absolute Gasteiger partial charge is 0.137 e. The highest BCUT2D eigenvalue weighted by molar-refractivity contribution is 6.09. The zero-order valence-electron chi connectivity index (χ0n) is 27.8. The summed E-state index contributed by atoms with van der Waals surface area (Å²) in [5, 5.41) is 5.02. The maximum Gasteiger partial charge on any atom is 0.137 e. The minimum absolute atomic E-state index is 0.938. The highest BCUT2D eigenvalue weighted by atomic mass is 15.1. The number of anilines is 3. The molecule has 0 aliphatic rings. The number of rotatable bonds is 6. The van der Waals surface area contributed by atoms with Gasteiger partial charge in [-0.3, -0.25) is 0 Å². The molecule has 0 aliphatic carbocycles. The van der Waals surface area contributed by atoms with Gasteiger partial charge in [0.1, 0.15) is 5.65 Å². The molecule has 0 saturated heterocycles. The Morgan fingerprint density at radius 3 is 1.65 bits per heavy atom. The minimum Gasteiger partial charge on any atom is -0.311 e. The Bertz CT molecular complexity index is 2750. The van der Waals surface area contributed by atoms with E-state index in [1.54, 1.807) is 0 Å². The molecule has 0 bridgehead atoms. The van der Waals surface area contributed by atoms with E-state index in [4.69, 9.17) is 4.98 Å². The predicted molar refractivity (Wildman–Crippen MR) is 213 cm³/mol. The van der Waals surface area contributed by atoms with Crippen molar-refractivity contribution in [1.82, 2.24) is 14.0 Å². The van der Waals surface area contributed by atoms with E-state index in [0.717, 1.165) is 39.7 Å². The van der Waals surface area contributed by atoms with Crippen LogP contribution in [0.5, 0.6) is 0 Å². The molecule has 4 heteroatoms. The fourth-order valence-corrected chi connectivity index (χ4v) is 7.52. The Balaban J connectivity index is 1.07. The number of benzene rings is 7. The van der Waals surface area contributed by atoms with Crippen LogP contribution in [-0.2, 0) is 0 Å². The third-order valence-electron chi connectivity index (χ3n) is 9.96. The maximum atomic E-state index is 4.86. The molecular weight excluding hydrogens is 621 g/mol. The van der Waals surface area contributed by atoms with Gasteiger partial charge in [-0.1, -0.05) is 109 Å². The van der Waals surface area contributed by atoms with Crippen LogP contribution in [0.3, 0.4) is 0 Å². The third-order valence-corrected chi connectivity index (χ3v) is 9.96. The SMILES string of the molecule is c1ccc2c(-c3ccc(N(c4ccc(-c5cn6ccccc6n5)cc4)c4ccc(-n5c6ccccc6c6ccccc65)cc4)cc3)cccc2c1. The number of hydrogen-bond donors (Lipinski definition) is 0. The molecule has 7 aromatic carbocycles. The Labute approximate surface area is 295 Å². The van der Waals surface area contributed by atoms with Gasteiger partial charge in [0.15, 0.2) is 0 Å². The van der Waals surface area contributed by atoms with Gasteiger partial charge in [0, 0.05) is 51.5 Å². The largest absolute Gasteiger partial charge is 0.311 e. The molecule has 0 unspecified atom stereocenters. The van der Waals surface area contributed by atoms with Gasteiger partial charge < -0.3 is 13.9 Å². The molecule has 0 aliphatic heterocycles. The van der Waals surface area contributed by atoms with Gasteiger partial charge >= 0.3 is 0 Å². The van der Waals surface area contributed by atoms with Crippen molar-refractivity contribution in [2.45, 2.75) is 0 Å². The van der Waals surface area contributed by atoms with E-state index >= 15 is 0 Å². The van der Waals surface area contributed by atoms with E-state index < -0.39 is 0 Å². The zero-order valence-corrected chi connectivity index (χ0v) is 27.8. The van der Waals surface area contributed by atoms with E-state index in [-0.39, 0.29) is 0 Å². The first kappa shape index (κ1) is 29.0. The lowest BCUT2D eigenvalue weighted by Crippen LogP contribution is -2.10. The fraction of sp³-hybridized carbons (Fsp3) is 0. The van der Waals surface area contributed by atoms with Crippen LogP contribution in [0.25, 0.3) is 66.3 Å². The second-order valence-electron chi connectivity index (χ2n) is 12.9. The van der Waals surface area contributed by atoms with Crippen molar-refractivity contribution in [3.05, 3.63) is 194 Å². The Morgan fingerprint density at radius 1 is 0.431 bits per heavy atom. The Kier molecular flexibility index (Phi) is 6.78. The molecule has 0 atom stereocenters. The highest BCUT2D eigenvalue weighted by Crippen LogP contribution is 2.39. The lowest BCUT2D eigenvalue weighted by atomic mass is 9.98. The topological polar surface area (TPSA) is 25.5 Å². The molecule has 51 heavy (non-hydrogen) atoms. The van der Waals surface area contributed by atoms with Gasteiger partial charge in [0.05, 0.1) is 16.7 Å². The van der Waals surface area contributed by atoms with Crippen LogP contribution in [-0.4, -0.2) is 14.0 Å². The number of para-hydroxylation sites is 2. The number of hydrogen-bond acceptors (Lipinski definition) is 2. The van der Waals surface area contributed by atoms with Crippen molar-refractivity contribution < 1.29 is 0 Å². The molecule has 240 valence electrons. The lowest BCUT2D eigenvalue weighted by Gasteiger charge is -2.26. The van der Waals surface area contributed by atoms with Crippen molar-refractivity contribution in [2.24, 2.45) is 0 Å². The summed E-state index contributed by atoms with van der Waals surface area (Å²) in [6.45, 7) is 0. The first-order valence-corrected chi connectivity index (χ1v) is 17.3. The number of nitrogens with zero attached hydrogens (tertiary/aromatic N) is 4. The summed E-state index contributed by atoms with van der Waals surface area (Å²) in [5.41, 5.74) is 12.2. The molecule has 0 saturated carbocycles. The van der Waals surface area contributed by atoms with Crippen LogP contribution in [0, 0.1) is 0 Å². The summed E-state index contributed by atoms with van der Waals surface area (Å²) < 4.78 is 4.42. The van der Waals surface area contributed by atoms with Crippen molar-refractivity contribution >= 4 is 55.3 Å². The molecule has 3 heterocycles. The standard InChI is InChI=1S/C47H32N4/c1-2-12-40-33(10-1)11-9-15-41(40)34-19-23-36(24-20-34)50(37-25-21-35(22-26-37)44-32-49-31-8-7-18-47(49)48-44)38-27-29-39(30-28-38)51-45-16-5-3-13-42(45)43-14-4-6-17-46(43)51/h1-32H. The molecule has 10 aromatic rings. The fourth-order valence-electron chi connectivity index (χ4n) is 7.52. The monoisotopic (exact) mass is 652 g/mol. The van der Waals surface area contributed by atoms with Crippen LogP contribution in [0.4, 0.5) is 17.1 Å². The van der Waals surface area contributed by atoms with Crippen molar-refractivity contribution in [3.8, 4) is 28.1 Å². The Morgan fingerprint density at radius 2 is 0.980 bits per heavy atom. The highest BCUT2D eigenvalue weighted by Gasteiger charge is 2.16. The Hall–Kier alpha value is -6.91. The molecular formula is C47H32N4. The van der Waals surface area contributed by atoms with Crippen LogP contribution in [0.1, 0.15) is 0 Å². The molecule has 3 aromatic heterocycles. The normalized spacial score (nSPS) is 11.5. The van der Waals surface area contributed by atoms with Crippen LogP contribution in [0.15, 0.2) is 194 Å². The van der Waals surface area contributed by atoms with Crippen molar-refractivity contribution in [2.75, 3.05) is 4.90 Å². The van der Waals surface area contributed by atoms with Gasteiger partial charge in [-0.25, -0.2) is 4.98 Å². The van der Waals surface area contributed by atoms with Gasteiger partial charge in [0.25, 0.3) is 0 Å². The molecule has 0 radical (unpaired) electrons. The van der Waals surface area contributed by atoms with E-state index in [9.17, 15) is 0 Å². The van der Waals surface area contributed by atoms with Gasteiger partial charge in [-0.2, -0.15) is 0 Å². The summed E-state index contributed by atoms with van der Waals surface area (Å²) in [6, 6.07) is 65.1. The van der Waals surface area contributed by atoms with Gasteiger partial charge in [-0.05, 0) is 94.7 Å². The second-order valence-corrected chi connectivity index (χ2v) is 12.9. The van der Waals surface area contributed by atoms with Gasteiger partial charge in [0.2, 0.25) is 0 Å². The van der Waals surface area contributed by atoms with Crippen LogP contribution in [0.2, 0.25) is 0 Å². The summed E-state index contributed by atoms with van der Waals surface area (Å²) in [5.74, 6) is 0. The number of fused-ring (bicyclic) bond motifs is 5. The number of aromatic nitrogens is 3. The summed E-state index contributed by atoms with van der Waals surface area (Å²) in [6.07, 6.45) is 4.12. The van der Waals surface area contributed by atoms with E-state index in [1.165, 1.54) is 43.7 Å². The molecule has 0 fully saturated rings. The summed E-state index contributed by atoms with van der Waals surface area (Å²) in [4.78, 5) is 7.19. The van der Waals surface area contributed by atoms with Gasteiger partial charge in [-0.15, -0.1) is 0 Å². The number of imidazole rings is 1. The lowest BCUT2D eigenvalue weighted by molar-refractivity contribution is 1.17. The zero-order chi connectivity index (χ0) is 33.7. The first-order valence-electron chi connectivity index (χ1n) is 17.3. The minimum atomic E-state index is 0.938.